The number of carbonyl (C=O) groups is 3. The molecule has 34 heavy (non-hydrogen) atoms. The van der Waals surface area contributed by atoms with Crippen molar-refractivity contribution in [3.05, 3.63) is 59.7 Å². The predicted molar refractivity (Wildman–Crippen MR) is 123 cm³/mol. The number of nitrogens with zero attached hydrogens (tertiary/aromatic N) is 1. The number of aliphatic carboxylic acids is 1. The third-order valence-electron chi connectivity index (χ3n) is 7.53. The molecule has 2 aromatic carbocycles. The van der Waals surface area contributed by atoms with Crippen molar-refractivity contribution >= 4 is 18.0 Å². The lowest BCUT2D eigenvalue weighted by molar-refractivity contribution is -0.168. The van der Waals surface area contributed by atoms with Gasteiger partial charge in [-0.15, -0.1) is 0 Å². The Labute approximate surface area is 197 Å². The SMILES string of the molecule is CN(C(=O)[C@@H]1OCC[C@@H]1NC(=O)OCC1c2ccccc2-c2ccccc21)C1(C(=O)O)CCC1. The van der Waals surface area contributed by atoms with E-state index in [1.54, 1.807) is 0 Å². The molecular formula is C26H28N2O6. The van der Waals surface area contributed by atoms with Gasteiger partial charge < -0.3 is 24.8 Å². The number of amides is 2. The van der Waals surface area contributed by atoms with Crippen molar-refractivity contribution in [3.8, 4) is 11.1 Å². The van der Waals surface area contributed by atoms with E-state index in [0.29, 0.717) is 25.9 Å². The number of carboxylic acid groups (broad SMARTS) is 1. The number of benzene rings is 2. The first-order valence-electron chi connectivity index (χ1n) is 11.7. The number of carbonyl (C=O) groups excluding carboxylic acids is 2. The van der Waals surface area contributed by atoms with Crippen LogP contribution in [0.3, 0.4) is 0 Å². The van der Waals surface area contributed by atoms with E-state index in [9.17, 15) is 19.5 Å². The quantitative estimate of drug-likeness (QED) is 0.681. The van der Waals surface area contributed by atoms with Crippen LogP contribution in [0.4, 0.5) is 4.79 Å². The zero-order chi connectivity index (χ0) is 23.9. The minimum absolute atomic E-state index is 0.0596. The monoisotopic (exact) mass is 464 g/mol. The van der Waals surface area contributed by atoms with Gasteiger partial charge in [0.25, 0.3) is 5.91 Å². The molecule has 2 aromatic rings. The maximum absolute atomic E-state index is 13.1. The minimum Gasteiger partial charge on any atom is -0.479 e. The van der Waals surface area contributed by atoms with Gasteiger partial charge in [-0.05, 0) is 47.9 Å². The van der Waals surface area contributed by atoms with Crippen LogP contribution >= 0.6 is 0 Å². The third kappa shape index (κ3) is 3.62. The molecule has 2 amide bonds. The molecule has 8 nitrogen and oxygen atoms in total. The molecule has 2 atom stereocenters. The lowest BCUT2D eigenvalue weighted by atomic mass is 9.75. The Morgan fingerprint density at radius 3 is 2.26 bits per heavy atom. The van der Waals surface area contributed by atoms with Crippen LogP contribution < -0.4 is 5.32 Å². The Hall–Kier alpha value is -3.39. The summed E-state index contributed by atoms with van der Waals surface area (Å²) < 4.78 is 11.2. The summed E-state index contributed by atoms with van der Waals surface area (Å²) in [6.07, 6.45) is 0.506. The van der Waals surface area contributed by atoms with Crippen molar-refractivity contribution in [3.63, 3.8) is 0 Å². The molecule has 2 aliphatic carbocycles. The number of hydrogen-bond donors (Lipinski definition) is 2. The van der Waals surface area contributed by atoms with Crippen LogP contribution in [0.1, 0.15) is 42.7 Å². The van der Waals surface area contributed by atoms with Gasteiger partial charge in [-0.25, -0.2) is 9.59 Å². The smallest absolute Gasteiger partial charge is 0.407 e. The molecule has 1 aliphatic heterocycles. The van der Waals surface area contributed by atoms with Crippen LogP contribution in [0.2, 0.25) is 0 Å². The van der Waals surface area contributed by atoms with Gasteiger partial charge in [0.1, 0.15) is 12.1 Å². The largest absolute Gasteiger partial charge is 0.479 e. The van der Waals surface area contributed by atoms with Crippen molar-refractivity contribution in [1.29, 1.82) is 0 Å². The molecule has 2 fully saturated rings. The van der Waals surface area contributed by atoms with Crippen molar-refractivity contribution in [2.45, 2.75) is 49.3 Å². The standard InChI is InChI=1S/C26H28N2O6/c1-28(26(24(30)31)12-6-13-26)23(29)22-21(11-14-33-22)27-25(32)34-15-20-18-9-4-2-7-16(18)17-8-3-5-10-19(17)20/h2-5,7-10,20-22H,6,11-15H2,1H3,(H,27,32)(H,30,31)/t21-,22+/m0/s1. The topological polar surface area (TPSA) is 105 Å². The van der Waals surface area contributed by atoms with Gasteiger partial charge in [-0.1, -0.05) is 48.5 Å². The van der Waals surface area contributed by atoms with E-state index in [1.807, 2.05) is 24.3 Å². The summed E-state index contributed by atoms with van der Waals surface area (Å²) in [6, 6.07) is 15.6. The Balaban J connectivity index is 1.23. The fourth-order valence-electron chi connectivity index (χ4n) is 5.38. The van der Waals surface area contributed by atoms with Crippen molar-refractivity contribution in [1.82, 2.24) is 10.2 Å². The summed E-state index contributed by atoms with van der Waals surface area (Å²) in [7, 11) is 1.50. The number of alkyl carbamates (subject to hydrolysis) is 1. The van der Waals surface area contributed by atoms with Gasteiger partial charge in [0.2, 0.25) is 0 Å². The second-order valence-corrected chi connectivity index (χ2v) is 9.24. The van der Waals surface area contributed by atoms with Crippen LogP contribution in [0.5, 0.6) is 0 Å². The fourth-order valence-corrected chi connectivity index (χ4v) is 5.38. The number of carboxylic acids is 1. The molecule has 3 aliphatic rings. The summed E-state index contributed by atoms with van der Waals surface area (Å²) in [5.41, 5.74) is 3.35. The van der Waals surface area contributed by atoms with E-state index in [0.717, 1.165) is 28.7 Å². The molecule has 0 spiro atoms. The number of rotatable bonds is 6. The van der Waals surface area contributed by atoms with Gasteiger partial charge in [-0.2, -0.15) is 0 Å². The molecule has 178 valence electrons. The molecule has 1 saturated carbocycles. The number of likely N-dealkylation sites (N-methyl/N-ethyl adjacent to an activating group) is 1. The summed E-state index contributed by atoms with van der Waals surface area (Å²) in [6.45, 7) is 0.479. The molecule has 1 heterocycles. The van der Waals surface area contributed by atoms with Crippen LogP contribution in [0, 0.1) is 0 Å². The highest BCUT2D eigenvalue weighted by Crippen LogP contribution is 2.44. The third-order valence-corrected chi connectivity index (χ3v) is 7.53. The minimum atomic E-state index is -1.18. The van der Waals surface area contributed by atoms with Crippen LogP contribution in [0.25, 0.3) is 11.1 Å². The van der Waals surface area contributed by atoms with Crippen LogP contribution in [0.15, 0.2) is 48.5 Å². The number of fused-ring (bicyclic) bond motifs is 3. The van der Waals surface area contributed by atoms with E-state index < -0.39 is 35.7 Å². The summed E-state index contributed by atoms with van der Waals surface area (Å²) >= 11 is 0. The summed E-state index contributed by atoms with van der Waals surface area (Å²) in [5.74, 6) is -1.49. The second kappa shape index (κ2) is 8.76. The Kier molecular flexibility index (Phi) is 5.77. The molecule has 0 aromatic heterocycles. The number of ether oxygens (including phenoxy) is 2. The van der Waals surface area contributed by atoms with E-state index in [-0.39, 0.29) is 12.5 Å². The zero-order valence-corrected chi connectivity index (χ0v) is 19.0. The van der Waals surface area contributed by atoms with E-state index in [1.165, 1.54) is 11.9 Å². The van der Waals surface area contributed by atoms with Gasteiger partial charge in [0.15, 0.2) is 6.10 Å². The molecule has 0 unspecified atom stereocenters. The normalized spacial score (nSPS) is 22.3. The van der Waals surface area contributed by atoms with Gasteiger partial charge >= 0.3 is 12.1 Å². The van der Waals surface area contributed by atoms with Crippen LogP contribution in [-0.2, 0) is 19.1 Å². The van der Waals surface area contributed by atoms with Crippen LogP contribution in [-0.4, -0.2) is 65.9 Å². The Morgan fingerprint density at radius 1 is 1.09 bits per heavy atom. The first-order valence-corrected chi connectivity index (χ1v) is 11.7. The molecule has 5 rings (SSSR count). The highest BCUT2D eigenvalue weighted by Gasteiger charge is 2.52. The second-order valence-electron chi connectivity index (χ2n) is 9.24. The lowest BCUT2D eigenvalue weighted by Gasteiger charge is -2.45. The number of hydrogen-bond acceptors (Lipinski definition) is 5. The molecule has 0 bridgehead atoms. The predicted octanol–water partition coefficient (Wildman–Crippen LogP) is 3.15. The highest BCUT2D eigenvalue weighted by molar-refractivity contribution is 5.90. The summed E-state index contributed by atoms with van der Waals surface area (Å²) in [4.78, 5) is 38.8. The fraction of sp³-hybridized carbons (Fsp3) is 0.423. The Bertz CT molecular complexity index is 1080. The number of nitrogens with one attached hydrogen (secondary N) is 1. The van der Waals surface area contributed by atoms with Crippen molar-refractivity contribution in [2.24, 2.45) is 0 Å². The maximum Gasteiger partial charge on any atom is 0.407 e. The zero-order valence-electron chi connectivity index (χ0n) is 19.0. The van der Waals surface area contributed by atoms with E-state index in [2.05, 4.69) is 29.6 Å². The molecule has 2 N–H and O–H groups in total. The summed E-state index contributed by atoms with van der Waals surface area (Å²) in [5, 5.41) is 12.4. The van der Waals surface area contributed by atoms with Gasteiger partial charge in [0.05, 0.1) is 6.04 Å². The Morgan fingerprint density at radius 2 is 1.71 bits per heavy atom. The van der Waals surface area contributed by atoms with E-state index >= 15 is 0 Å². The molecular weight excluding hydrogens is 436 g/mol. The van der Waals surface area contributed by atoms with Gasteiger partial charge in [-0.3, -0.25) is 4.79 Å². The first-order chi connectivity index (χ1) is 16.4. The maximum atomic E-state index is 13.1. The molecule has 0 radical (unpaired) electrons. The highest BCUT2D eigenvalue weighted by atomic mass is 16.6. The van der Waals surface area contributed by atoms with Gasteiger partial charge in [0, 0.05) is 19.6 Å². The molecule has 1 saturated heterocycles. The average molecular weight is 465 g/mol. The van der Waals surface area contributed by atoms with Crippen molar-refractivity contribution in [2.75, 3.05) is 20.3 Å². The van der Waals surface area contributed by atoms with E-state index in [4.69, 9.17) is 9.47 Å². The lowest BCUT2D eigenvalue weighted by Crippen LogP contribution is -2.63. The van der Waals surface area contributed by atoms with Crippen molar-refractivity contribution < 1.29 is 29.0 Å². The average Bonchev–Trinajstić information content (AvgIpc) is 3.38. The first kappa shape index (κ1) is 22.4. The molecule has 8 heteroatoms.